The molecule has 2 aliphatic heterocycles. The minimum atomic E-state index is -1.78. The third-order valence-electron chi connectivity index (χ3n) is 11.4. The van der Waals surface area contributed by atoms with Crippen LogP contribution in [-0.4, -0.2) is 87.2 Å². The van der Waals surface area contributed by atoms with Crippen LogP contribution in [0.15, 0.2) is 66.7 Å². The summed E-state index contributed by atoms with van der Waals surface area (Å²) in [5, 5.41) is 30.8. The summed E-state index contributed by atoms with van der Waals surface area (Å²) >= 11 is 0. The van der Waals surface area contributed by atoms with Crippen molar-refractivity contribution < 1.29 is 120 Å². The Morgan fingerprint density at radius 2 is 0.887 bits per heavy atom. The Kier molecular flexibility index (Phi) is 17.0. The lowest BCUT2D eigenvalue weighted by molar-refractivity contribution is -0.154. The second-order valence-corrected chi connectivity index (χ2v) is 17.7. The van der Waals surface area contributed by atoms with E-state index in [1.807, 2.05) is 0 Å². The third kappa shape index (κ3) is 13.1. The van der Waals surface area contributed by atoms with Crippen molar-refractivity contribution in [3.05, 3.63) is 100 Å². The zero-order chi connectivity index (χ0) is 58.6. The zero-order valence-corrected chi connectivity index (χ0v) is 43.8. The zero-order valence-electron chi connectivity index (χ0n) is 43.8. The van der Waals surface area contributed by atoms with Crippen LogP contribution in [0.25, 0.3) is 0 Å². The lowest BCUT2D eigenvalue weighted by Gasteiger charge is -2.42. The predicted molar refractivity (Wildman–Crippen MR) is 265 cm³/mol. The summed E-state index contributed by atoms with van der Waals surface area (Å²) in [6.07, 6.45) is -7.23. The molecule has 5 aromatic carbocycles. The first-order valence-corrected chi connectivity index (χ1v) is 23.8. The van der Waals surface area contributed by atoms with Crippen LogP contribution in [0.2, 0.25) is 0 Å². The van der Waals surface area contributed by atoms with Crippen LogP contribution in [0.1, 0.15) is 119 Å². The molecule has 80 heavy (non-hydrogen) atoms. The smallest absolute Gasteiger partial charge is 0.338 e. The molecule has 0 amide bonds. The molecule has 0 saturated heterocycles. The van der Waals surface area contributed by atoms with Gasteiger partial charge in [0.2, 0.25) is 0 Å². The normalized spacial score (nSPS) is 16.7. The second kappa shape index (κ2) is 23.6. The summed E-state index contributed by atoms with van der Waals surface area (Å²) in [4.78, 5) is 129. The molecular weight excluding hydrogens is 1060 g/mol. The molecule has 0 aromatic heterocycles. The van der Waals surface area contributed by atoms with Crippen LogP contribution in [0.5, 0.6) is 74.7 Å². The number of carbonyl (C=O) groups excluding carboxylic acids is 10. The van der Waals surface area contributed by atoms with Gasteiger partial charge in [0.1, 0.15) is 40.6 Å². The van der Waals surface area contributed by atoms with Crippen molar-refractivity contribution >= 4 is 59.7 Å². The lowest BCUT2D eigenvalue weighted by Crippen LogP contribution is -2.40. The van der Waals surface area contributed by atoms with Crippen LogP contribution < -0.4 is 47.4 Å². The van der Waals surface area contributed by atoms with Gasteiger partial charge in [-0.2, -0.15) is 0 Å². The first-order valence-electron chi connectivity index (χ1n) is 23.8. The van der Waals surface area contributed by atoms with E-state index in [9.17, 15) is 63.3 Å². The lowest BCUT2D eigenvalue weighted by atomic mass is 9.77. The highest BCUT2D eigenvalue weighted by atomic mass is 16.6. The number of phenols is 3. The van der Waals surface area contributed by atoms with Crippen molar-refractivity contribution in [1.29, 1.82) is 0 Å². The van der Waals surface area contributed by atoms with Gasteiger partial charge < -0.3 is 72.2 Å². The molecule has 25 nitrogen and oxygen atoms in total. The second-order valence-electron chi connectivity index (χ2n) is 17.7. The van der Waals surface area contributed by atoms with Gasteiger partial charge in [-0.3, -0.25) is 43.2 Å². The molecule has 25 heteroatoms. The molecule has 0 fully saturated rings. The molecule has 0 radical (unpaired) electrons. The highest BCUT2D eigenvalue weighted by Crippen LogP contribution is 2.59. The molecular formula is C55H48O25. The average Bonchev–Trinajstić information content (AvgIpc) is 3.42. The average molecular weight is 1110 g/mol. The first kappa shape index (κ1) is 57.5. The molecule has 7 rings (SSSR count). The standard InChI is InChI=1S/C55H48O25/c1-22(56)69-34-18-43(75-28(7)62)47-44(19-34)78-52(32-11-13-39(71-24(3)58)42(17-32)74-27(6)61)54(77-30(9)64)49(47)48-45(76-29(8)63)21-40(72-25(4)59)35-20-46(79-55(68)33-14-36(65)50(67)37(66)15-33)51(80-53(35)48)31-10-12-38(70-23(2)57)41(16-31)73-26(5)60/h10-19,21,46,49,51-52,54,65-67H,20H2,1-9H3/t46-,49-,51+,52+,54-/m0/s1. The van der Waals surface area contributed by atoms with E-state index in [4.69, 9.17) is 56.8 Å². The molecule has 418 valence electrons. The number of hydrogen-bond acceptors (Lipinski definition) is 25. The van der Waals surface area contributed by atoms with Gasteiger partial charge in [0.15, 0.2) is 58.6 Å². The van der Waals surface area contributed by atoms with E-state index in [1.165, 1.54) is 42.5 Å². The Bertz CT molecular complexity index is 3410. The number of esters is 10. The van der Waals surface area contributed by atoms with Gasteiger partial charge in [0.25, 0.3) is 0 Å². The SMILES string of the molecule is CC(=O)Oc1cc(OC(C)=O)c2c(c1)O[C@H](c1ccc(OC(C)=O)c(OC(C)=O)c1)[C@@H](OC(C)=O)[C@@H]2c1c(OC(C)=O)cc(OC(C)=O)c2c1O[C@H](c1ccc(OC(C)=O)c(OC(C)=O)c1)[C@@H](OC(=O)c1cc(O)c(O)c(O)c1)C2. The molecule has 0 aliphatic carbocycles. The Morgan fingerprint density at radius 1 is 0.438 bits per heavy atom. The maximum Gasteiger partial charge on any atom is 0.338 e. The Balaban J connectivity index is 1.62. The highest BCUT2D eigenvalue weighted by Gasteiger charge is 2.50. The van der Waals surface area contributed by atoms with E-state index in [-0.39, 0.29) is 73.8 Å². The molecule has 5 aromatic rings. The number of phenolic OH excluding ortho intramolecular Hbond substituents is 3. The molecule has 0 unspecified atom stereocenters. The van der Waals surface area contributed by atoms with Crippen molar-refractivity contribution in [2.45, 2.75) is 99.1 Å². The van der Waals surface area contributed by atoms with Crippen molar-refractivity contribution in [2.75, 3.05) is 0 Å². The van der Waals surface area contributed by atoms with Gasteiger partial charge in [-0.15, -0.1) is 0 Å². The van der Waals surface area contributed by atoms with Crippen LogP contribution in [0.4, 0.5) is 0 Å². The van der Waals surface area contributed by atoms with Gasteiger partial charge >= 0.3 is 59.7 Å². The van der Waals surface area contributed by atoms with E-state index in [1.54, 1.807) is 0 Å². The number of aromatic hydroxyl groups is 3. The van der Waals surface area contributed by atoms with Gasteiger partial charge in [0, 0.05) is 115 Å². The molecule has 3 N–H and O–H groups in total. The van der Waals surface area contributed by atoms with Crippen LogP contribution >= 0.6 is 0 Å². The van der Waals surface area contributed by atoms with Crippen molar-refractivity contribution in [3.8, 4) is 74.7 Å². The number of fused-ring (bicyclic) bond motifs is 2. The summed E-state index contributed by atoms with van der Waals surface area (Å²) in [7, 11) is 0. The van der Waals surface area contributed by atoms with E-state index >= 15 is 0 Å². The van der Waals surface area contributed by atoms with Crippen LogP contribution in [0, 0.1) is 0 Å². The Labute approximate surface area is 452 Å². The van der Waals surface area contributed by atoms with Crippen molar-refractivity contribution in [2.24, 2.45) is 0 Å². The van der Waals surface area contributed by atoms with Crippen LogP contribution in [-0.2, 0) is 59.0 Å². The minimum absolute atomic E-state index is 0.0193. The van der Waals surface area contributed by atoms with Gasteiger partial charge in [-0.25, -0.2) is 4.79 Å². The van der Waals surface area contributed by atoms with Gasteiger partial charge in [-0.05, 0) is 36.4 Å². The number of carbonyl (C=O) groups is 10. The molecule has 5 atom stereocenters. The summed E-state index contributed by atoms with van der Waals surface area (Å²) in [5.41, 5.74) is -1.11. The maximum atomic E-state index is 14.1. The highest BCUT2D eigenvalue weighted by molar-refractivity contribution is 5.91. The van der Waals surface area contributed by atoms with Crippen LogP contribution in [0.3, 0.4) is 0 Å². The number of benzene rings is 5. The monoisotopic (exact) mass is 1110 g/mol. The number of rotatable bonds is 14. The quantitative estimate of drug-likeness (QED) is 0.0623. The van der Waals surface area contributed by atoms with E-state index in [0.29, 0.717) is 0 Å². The summed E-state index contributed by atoms with van der Waals surface area (Å²) in [6, 6.07) is 12.5. The topological polar surface area (TPSA) is 342 Å². The molecule has 2 aliphatic rings. The molecule has 0 spiro atoms. The first-order chi connectivity index (χ1) is 37.7. The molecule has 0 saturated carbocycles. The van der Waals surface area contributed by atoms with Crippen molar-refractivity contribution in [1.82, 2.24) is 0 Å². The Morgan fingerprint density at radius 3 is 1.38 bits per heavy atom. The molecule has 0 bridgehead atoms. The third-order valence-corrected chi connectivity index (χ3v) is 11.4. The minimum Gasteiger partial charge on any atom is -0.504 e. The van der Waals surface area contributed by atoms with E-state index < -0.39 is 131 Å². The summed E-state index contributed by atoms with van der Waals surface area (Å²) in [6.45, 7) is 9.45. The summed E-state index contributed by atoms with van der Waals surface area (Å²) < 4.78 is 70.2. The fraction of sp³-hybridized carbons (Fsp3) is 0.273. The number of hydrogen-bond donors (Lipinski definition) is 3. The Hall–Kier alpha value is -10.2. The molecule has 2 heterocycles. The largest absolute Gasteiger partial charge is 0.504 e. The predicted octanol–water partition coefficient (Wildman–Crippen LogP) is 6.30. The van der Waals surface area contributed by atoms with Gasteiger partial charge in [0.05, 0.1) is 11.5 Å². The van der Waals surface area contributed by atoms with E-state index in [2.05, 4.69) is 0 Å². The fourth-order valence-electron chi connectivity index (χ4n) is 8.83. The number of ether oxygens (including phenoxy) is 12. The summed E-state index contributed by atoms with van der Waals surface area (Å²) in [5.74, 6) is -17.2. The van der Waals surface area contributed by atoms with Gasteiger partial charge in [-0.1, -0.05) is 12.1 Å². The fourth-order valence-corrected chi connectivity index (χ4v) is 8.83. The van der Waals surface area contributed by atoms with E-state index in [0.717, 1.165) is 86.6 Å². The maximum absolute atomic E-state index is 14.1. The van der Waals surface area contributed by atoms with Crippen molar-refractivity contribution in [3.63, 3.8) is 0 Å².